The first-order valence-corrected chi connectivity index (χ1v) is 13.0. The smallest absolute Gasteiger partial charge is 0.253 e. The van der Waals surface area contributed by atoms with Crippen molar-refractivity contribution in [2.24, 2.45) is 0 Å². The topological polar surface area (TPSA) is 82.5 Å². The van der Waals surface area contributed by atoms with E-state index in [1.165, 1.54) is 18.3 Å². The van der Waals surface area contributed by atoms with Gasteiger partial charge in [-0.05, 0) is 86.2 Å². The Morgan fingerprint density at radius 1 is 0.974 bits per heavy atom. The first kappa shape index (κ1) is 28.9. The van der Waals surface area contributed by atoms with Crippen LogP contribution in [0.3, 0.4) is 0 Å². The summed E-state index contributed by atoms with van der Waals surface area (Å²) in [5, 5.41) is 13.9. The van der Waals surface area contributed by atoms with E-state index in [0.717, 1.165) is 24.5 Å². The molecule has 2 aromatic carbocycles. The fourth-order valence-electron chi connectivity index (χ4n) is 4.47. The van der Waals surface area contributed by atoms with Crippen molar-refractivity contribution in [2.45, 2.75) is 58.6 Å². The summed E-state index contributed by atoms with van der Waals surface area (Å²) in [6.07, 6.45) is 2.44. The van der Waals surface area contributed by atoms with Crippen molar-refractivity contribution in [1.29, 1.82) is 0 Å². The van der Waals surface area contributed by atoms with Crippen LogP contribution < -0.4 is 5.32 Å². The normalized spacial score (nSPS) is 12.6. The summed E-state index contributed by atoms with van der Waals surface area (Å²) in [5.74, 6) is -1.98. The summed E-state index contributed by atoms with van der Waals surface area (Å²) in [6.45, 7) is 7.09. The van der Waals surface area contributed by atoms with Crippen molar-refractivity contribution in [3.05, 3.63) is 100 Å². The zero-order valence-electron chi connectivity index (χ0n) is 22.1. The molecule has 2 atom stereocenters. The number of aliphatic hydroxyl groups excluding tert-OH is 1. The third-order valence-electron chi connectivity index (χ3n) is 6.22. The number of pyridine rings is 1. The average Bonchev–Trinajstić information content (AvgIpc) is 2.89. The van der Waals surface area contributed by atoms with Crippen LogP contribution in [-0.2, 0) is 6.42 Å². The zero-order valence-corrected chi connectivity index (χ0v) is 22.1. The Labute approximate surface area is 222 Å². The second kappa shape index (κ2) is 13.8. The Kier molecular flexibility index (Phi) is 10.5. The number of aliphatic hydroxyl groups is 1. The lowest BCUT2D eigenvalue weighted by Crippen LogP contribution is -2.40. The maximum Gasteiger partial charge on any atom is 0.253 e. The van der Waals surface area contributed by atoms with Gasteiger partial charge < -0.3 is 15.3 Å². The summed E-state index contributed by atoms with van der Waals surface area (Å²) in [7, 11) is 0. The number of carbonyl (C=O) groups excluding carboxylic acids is 2. The molecule has 0 aliphatic heterocycles. The third-order valence-corrected chi connectivity index (χ3v) is 6.22. The summed E-state index contributed by atoms with van der Waals surface area (Å²) < 4.78 is 27.4. The number of carbonyl (C=O) groups is 2. The molecule has 0 saturated heterocycles. The molecular formula is C30H35F2N3O3. The van der Waals surface area contributed by atoms with Crippen LogP contribution in [0.25, 0.3) is 0 Å². The van der Waals surface area contributed by atoms with Crippen LogP contribution in [0.4, 0.5) is 8.78 Å². The van der Waals surface area contributed by atoms with Crippen LogP contribution >= 0.6 is 0 Å². The Morgan fingerprint density at radius 3 is 2.24 bits per heavy atom. The van der Waals surface area contributed by atoms with Gasteiger partial charge in [0, 0.05) is 36.5 Å². The fourth-order valence-corrected chi connectivity index (χ4v) is 4.47. The van der Waals surface area contributed by atoms with Gasteiger partial charge >= 0.3 is 0 Å². The Bertz CT molecular complexity index is 1210. The number of hydrogen-bond acceptors (Lipinski definition) is 4. The lowest BCUT2D eigenvalue weighted by atomic mass is 9.97. The standard InChI is InChI=1S/C30H35F2N3O3/c1-4-12-35(13-5-2)30(38)23-15-20(3)14-22(18-23)29(37)34-27(28(36)26-8-6-7-11-33-26)10-9-21-16-24(31)19-25(32)17-21/h6-8,11,14-19,27-28,36H,4-5,9-10,12-13H2,1-3H3,(H,34,37)/t27-,28?/m0/s1. The minimum Gasteiger partial charge on any atom is -0.385 e. The van der Waals surface area contributed by atoms with Gasteiger partial charge in [0.2, 0.25) is 0 Å². The average molecular weight is 524 g/mol. The number of amides is 2. The predicted octanol–water partition coefficient (Wildman–Crippen LogP) is 5.40. The van der Waals surface area contributed by atoms with Crippen molar-refractivity contribution >= 4 is 11.8 Å². The first-order valence-electron chi connectivity index (χ1n) is 13.0. The molecule has 2 N–H and O–H groups in total. The first-order chi connectivity index (χ1) is 18.2. The fraction of sp³-hybridized carbons (Fsp3) is 0.367. The highest BCUT2D eigenvalue weighted by molar-refractivity contribution is 6.00. The van der Waals surface area contributed by atoms with Gasteiger partial charge in [-0.3, -0.25) is 14.6 Å². The molecule has 0 aliphatic rings. The van der Waals surface area contributed by atoms with E-state index in [1.807, 2.05) is 20.8 Å². The molecule has 3 aromatic rings. The van der Waals surface area contributed by atoms with Crippen LogP contribution in [0.15, 0.2) is 60.8 Å². The summed E-state index contributed by atoms with van der Waals surface area (Å²) in [4.78, 5) is 32.5. The van der Waals surface area contributed by atoms with Gasteiger partial charge in [-0.15, -0.1) is 0 Å². The Balaban J connectivity index is 1.85. The van der Waals surface area contributed by atoms with Gasteiger partial charge in [-0.25, -0.2) is 8.78 Å². The Hall–Kier alpha value is -3.65. The molecule has 0 saturated carbocycles. The molecule has 0 radical (unpaired) electrons. The molecule has 38 heavy (non-hydrogen) atoms. The molecule has 8 heteroatoms. The van der Waals surface area contributed by atoms with E-state index in [4.69, 9.17) is 0 Å². The van der Waals surface area contributed by atoms with Gasteiger partial charge in [0.05, 0.1) is 11.7 Å². The lowest BCUT2D eigenvalue weighted by molar-refractivity contribution is 0.0755. The highest BCUT2D eigenvalue weighted by atomic mass is 19.1. The molecule has 0 aliphatic carbocycles. The number of benzene rings is 2. The SMILES string of the molecule is CCCN(CCC)C(=O)c1cc(C)cc(C(=O)N[C@@H](CCc2cc(F)cc(F)c2)C(O)c2ccccn2)c1. The maximum absolute atomic E-state index is 13.7. The van der Waals surface area contributed by atoms with Gasteiger partial charge in [0.15, 0.2) is 0 Å². The molecular weight excluding hydrogens is 488 g/mol. The van der Waals surface area contributed by atoms with E-state index >= 15 is 0 Å². The van der Waals surface area contributed by atoms with Gasteiger partial charge in [-0.1, -0.05) is 19.9 Å². The maximum atomic E-state index is 13.7. The molecule has 1 aromatic heterocycles. The van der Waals surface area contributed by atoms with Crippen LogP contribution in [0, 0.1) is 18.6 Å². The minimum atomic E-state index is -1.16. The highest BCUT2D eigenvalue weighted by Gasteiger charge is 2.25. The zero-order chi connectivity index (χ0) is 27.7. The van der Waals surface area contributed by atoms with Crippen molar-refractivity contribution in [3.63, 3.8) is 0 Å². The molecule has 6 nitrogen and oxygen atoms in total. The number of nitrogens with one attached hydrogen (secondary N) is 1. The third kappa shape index (κ3) is 7.92. The quantitative estimate of drug-likeness (QED) is 0.333. The largest absolute Gasteiger partial charge is 0.385 e. The second-order valence-corrected chi connectivity index (χ2v) is 9.48. The van der Waals surface area contributed by atoms with Crippen molar-refractivity contribution < 1.29 is 23.5 Å². The monoisotopic (exact) mass is 523 g/mol. The van der Waals surface area contributed by atoms with Crippen molar-refractivity contribution in [3.8, 4) is 0 Å². The van der Waals surface area contributed by atoms with Crippen molar-refractivity contribution in [2.75, 3.05) is 13.1 Å². The molecule has 1 heterocycles. The minimum absolute atomic E-state index is 0.135. The number of hydrogen-bond donors (Lipinski definition) is 2. The number of aryl methyl sites for hydroxylation is 2. The number of aromatic nitrogens is 1. The predicted molar refractivity (Wildman–Crippen MR) is 143 cm³/mol. The van der Waals surface area contributed by atoms with Crippen LogP contribution in [-0.4, -0.2) is 45.9 Å². The van der Waals surface area contributed by atoms with Gasteiger partial charge in [-0.2, -0.15) is 0 Å². The van der Waals surface area contributed by atoms with Crippen LogP contribution in [0.5, 0.6) is 0 Å². The van der Waals surface area contributed by atoms with Gasteiger partial charge in [0.25, 0.3) is 11.8 Å². The summed E-state index contributed by atoms with van der Waals surface area (Å²) in [5.41, 5.74) is 2.24. The molecule has 0 bridgehead atoms. The molecule has 3 rings (SSSR count). The van der Waals surface area contributed by atoms with Crippen molar-refractivity contribution in [1.82, 2.24) is 15.2 Å². The summed E-state index contributed by atoms with van der Waals surface area (Å²) in [6, 6.07) is 12.5. The molecule has 1 unspecified atom stereocenters. The molecule has 0 spiro atoms. The Morgan fingerprint density at radius 2 is 1.63 bits per heavy atom. The number of nitrogens with zero attached hydrogens (tertiary/aromatic N) is 2. The number of halogens is 2. The van der Waals surface area contributed by atoms with E-state index in [0.29, 0.717) is 29.9 Å². The second-order valence-electron chi connectivity index (χ2n) is 9.48. The van der Waals surface area contributed by atoms with E-state index < -0.39 is 29.7 Å². The molecule has 202 valence electrons. The molecule has 2 amide bonds. The number of rotatable bonds is 12. The van der Waals surface area contributed by atoms with E-state index in [1.54, 1.807) is 41.3 Å². The van der Waals surface area contributed by atoms with E-state index in [2.05, 4.69) is 10.3 Å². The highest BCUT2D eigenvalue weighted by Crippen LogP contribution is 2.21. The van der Waals surface area contributed by atoms with Gasteiger partial charge in [0.1, 0.15) is 17.7 Å². The van der Waals surface area contributed by atoms with E-state index in [9.17, 15) is 23.5 Å². The van der Waals surface area contributed by atoms with Crippen LogP contribution in [0.1, 0.15) is 76.8 Å². The molecule has 0 fully saturated rings. The van der Waals surface area contributed by atoms with E-state index in [-0.39, 0.29) is 24.3 Å². The van der Waals surface area contributed by atoms with Crippen LogP contribution in [0.2, 0.25) is 0 Å². The lowest BCUT2D eigenvalue weighted by Gasteiger charge is -2.25. The summed E-state index contributed by atoms with van der Waals surface area (Å²) >= 11 is 0.